The third-order valence-corrected chi connectivity index (χ3v) is 7.70. The first-order chi connectivity index (χ1) is 19.7. The van der Waals surface area contributed by atoms with Crippen LogP contribution in [0.5, 0.6) is 0 Å². The van der Waals surface area contributed by atoms with E-state index in [2.05, 4.69) is 51.0 Å². The van der Waals surface area contributed by atoms with Gasteiger partial charge in [0.05, 0.1) is 18.8 Å². The van der Waals surface area contributed by atoms with Crippen molar-refractivity contribution in [3.63, 3.8) is 0 Å². The largest absolute Gasteiger partial charge is 0.394 e. The Kier molecular flexibility index (Phi) is 15.1. The topological polar surface area (TPSA) is 69.5 Å². The lowest BCUT2D eigenvalue weighted by molar-refractivity contribution is 0.307. The Morgan fingerprint density at radius 1 is 0.825 bits per heavy atom. The minimum absolute atomic E-state index is 0.00624. The van der Waals surface area contributed by atoms with E-state index in [1.165, 1.54) is 18.4 Å². The number of hydrogen-bond acceptors (Lipinski definition) is 7. The highest BCUT2D eigenvalue weighted by molar-refractivity contribution is 8.76. The van der Waals surface area contributed by atoms with Crippen molar-refractivity contribution in [1.29, 1.82) is 0 Å². The number of benzene rings is 2. The zero-order chi connectivity index (χ0) is 28.1. The van der Waals surface area contributed by atoms with Crippen LogP contribution in [0.25, 0.3) is 18.2 Å². The van der Waals surface area contributed by atoms with Crippen molar-refractivity contribution in [2.45, 2.75) is 0 Å². The van der Waals surface area contributed by atoms with Crippen molar-refractivity contribution in [3.8, 4) is 0 Å². The zero-order valence-corrected chi connectivity index (χ0v) is 24.0. The standard InChI is InChI=1S/C32H35FN4OS2/c33-29(5-1-3-19-34-21-24-38)13-7-27-9-15-31(16-10-27)36-22-25-39-40-26-23-37-32-17-11-28(12-18-32)8-14-30-6-2-4-20-35-30/h1-20,36-38H,21-26H2/b3-1-,13-7+,14-8+,29-5-,34-19?. The third kappa shape index (κ3) is 13.5. The molecule has 40 heavy (non-hydrogen) atoms. The number of anilines is 2. The van der Waals surface area contributed by atoms with Gasteiger partial charge in [-0.2, -0.15) is 0 Å². The molecule has 1 heterocycles. The second-order valence-electron chi connectivity index (χ2n) is 8.38. The Morgan fingerprint density at radius 3 is 2.08 bits per heavy atom. The fourth-order valence-corrected chi connectivity index (χ4v) is 5.11. The number of rotatable bonds is 17. The van der Waals surface area contributed by atoms with E-state index < -0.39 is 0 Å². The molecule has 0 unspecified atom stereocenters. The molecule has 2 aromatic carbocycles. The number of aromatic nitrogens is 1. The molecule has 0 spiro atoms. The summed E-state index contributed by atoms with van der Waals surface area (Å²) in [5.74, 6) is 1.67. The number of aliphatic hydroxyl groups is 1. The lowest BCUT2D eigenvalue weighted by Gasteiger charge is -2.08. The van der Waals surface area contributed by atoms with Crippen molar-refractivity contribution in [2.75, 3.05) is 48.4 Å². The van der Waals surface area contributed by atoms with Gasteiger partial charge in [0.1, 0.15) is 5.83 Å². The molecule has 0 atom stereocenters. The Hall–Kier alpha value is -3.59. The number of hydrogen-bond donors (Lipinski definition) is 3. The molecule has 208 valence electrons. The molecule has 1 aromatic heterocycles. The summed E-state index contributed by atoms with van der Waals surface area (Å²) in [6, 6.07) is 22.2. The first-order valence-corrected chi connectivity index (χ1v) is 15.5. The van der Waals surface area contributed by atoms with Gasteiger partial charge in [-0.3, -0.25) is 9.98 Å². The quantitative estimate of drug-likeness (QED) is 0.0666. The molecule has 3 N–H and O–H groups in total. The molecule has 0 aliphatic carbocycles. The van der Waals surface area contributed by atoms with Gasteiger partial charge in [-0.15, -0.1) is 0 Å². The zero-order valence-electron chi connectivity index (χ0n) is 22.3. The predicted molar refractivity (Wildman–Crippen MR) is 176 cm³/mol. The summed E-state index contributed by atoms with van der Waals surface area (Å²) in [7, 11) is 3.72. The smallest absolute Gasteiger partial charge is 0.123 e. The minimum Gasteiger partial charge on any atom is -0.394 e. The molecular formula is C32H35FN4OS2. The average Bonchev–Trinajstić information content (AvgIpc) is 3.00. The fourth-order valence-electron chi connectivity index (χ4n) is 3.29. The van der Waals surface area contributed by atoms with Crippen LogP contribution < -0.4 is 10.6 Å². The van der Waals surface area contributed by atoms with Gasteiger partial charge in [-0.1, -0.05) is 70.1 Å². The van der Waals surface area contributed by atoms with E-state index in [1.54, 1.807) is 24.4 Å². The van der Waals surface area contributed by atoms with Gasteiger partial charge >= 0.3 is 0 Å². The minimum atomic E-state index is -0.346. The number of aliphatic imine (C=N–C) groups is 1. The van der Waals surface area contributed by atoms with Gasteiger partial charge in [0, 0.05) is 48.4 Å². The number of nitrogens with zero attached hydrogens (tertiary/aromatic N) is 2. The molecule has 0 amide bonds. The highest BCUT2D eigenvalue weighted by Crippen LogP contribution is 2.21. The second-order valence-corrected chi connectivity index (χ2v) is 11.1. The predicted octanol–water partition coefficient (Wildman–Crippen LogP) is 7.64. The van der Waals surface area contributed by atoms with E-state index in [0.29, 0.717) is 6.54 Å². The van der Waals surface area contributed by atoms with Gasteiger partial charge in [0.2, 0.25) is 0 Å². The molecule has 0 aliphatic heterocycles. The molecule has 0 fully saturated rings. The highest BCUT2D eigenvalue weighted by atomic mass is 33.1. The van der Waals surface area contributed by atoms with Crippen LogP contribution in [0, 0.1) is 0 Å². The molecule has 0 saturated heterocycles. The van der Waals surface area contributed by atoms with E-state index >= 15 is 0 Å². The lowest BCUT2D eigenvalue weighted by atomic mass is 10.2. The van der Waals surface area contributed by atoms with Crippen molar-refractivity contribution in [1.82, 2.24) is 4.98 Å². The summed E-state index contributed by atoms with van der Waals surface area (Å²) in [5.41, 5.74) is 5.19. The summed E-state index contributed by atoms with van der Waals surface area (Å²) in [5, 5.41) is 15.5. The van der Waals surface area contributed by atoms with Crippen LogP contribution in [0.4, 0.5) is 15.8 Å². The lowest BCUT2D eigenvalue weighted by Crippen LogP contribution is -2.05. The first kappa shape index (κ1) is 30.9. The van der Waals surface area contributed by atoms with Crippen LogP contribution in [-0.4, -0.2) is 54.1 Å². The number of allylic oxidation sites excluding steroid dienone is 5. The Bertz CT molecular complexity index is 1260. The van der Waals surface area contributed by atoms with E-state index in [1.807, 2.05) is 70.1 Å². The SMILES string of the molecule is OCCN=C\C=C/C=C(F)/C=C/c1ccc(NCCSSCCNc2ccc(/C=C/c3ccccn3)cc2)cc1. The van der Waals surface area contributed by atoms with Crippen LogP contribution in [0.1, 0.15) is 16.8 Å². The maximum atomic E-state index is 13.9. The summed E-state index contributed by atoms with van der Waals surface area (Å²) >= 11 is 0. The molecule has 0 saturated carbocycles. The molecule has 0 bridgehead atoms. The molecular weight excluding hydrogens is 540 g/mol. The van der Waals surface area contributed by atoms with E-state index in [9.17, 15) is 4.39 Å². The number of halogens is 1. The summed E-state index contributed by atoms with van der Waals surface area (Å²) < 4.78 is 13.9. The number of nitrogens with one attached hydrogen (secondary N) is 2. The highest BCUT2D eigenvalue weighted by Gasteiger charge is 1.96. The van der Waals surface area contributed by atoms with Crippen LogP contribution in [-0.2, 0) is 0 Å². The van der Waals surface area contributed by atoms with Gasteiger partial charge in [-0.25, -0.2) is 4.39 Å². The maximum Gasteiger partial charge on any atom is 0.123 e. The molecule has 0 aliphatic rings. The fraction of sp³-hybridized carbons (Fsp3) is 0.188. The molecule has 8 heteroatoms. The Balaban J connectivity index is 1.24. The molecule has 3 rings (SSSR count). The van der Waals surface area contributed by atoms with E-state index in [0.717, 1.165) is 52.8 Å². The van der Waals surface area contributed by atoms with E-state index in [-0.39, 0.29) is 12.4 Å². The molecule has 5 nitrogen and oxygen atoms in total. The Labute approximate surface area is 244 Å². The third-order valence-electron chi connectivity index (χ3n) is 5.29. The average molecular weight is 575 g/mol. The van der Waals surface area contributed by atoms with Crippen molar-refractivity contribution in [3.05, 3.63) is 120 Å². The van der Waals surface area contributed by atoms with Crippen molar-refractivity contribution < 1.29 is 9.50 Å². The van der Waals surface area contributed by atoms with Crippen LogP contribution >= 0.6 is 21.6 Å². The monoisotopic (exact) mass is 574 g/mol. The van der Waals surface area contributed by atoms with Gasteiger partial charge < -0.3 is 15.7 Å². The number of pyridine rings is 1. The first-order valence-electron chi connectivity index (χ1n) is 13.1. The summed E-state index contributed by atoms with van der Waals surface area (Å²) in [6.07, 6.45) is 15.1. The Morgan fingerprint density at radius 2 is 1.48 bits per heavy atom. The van der Waals surface area contributed by atoms with Gasteiger partial charge in [-0.05, 0) is 71.8 Å². The molecule has 3 aromatic rings. The van der Waals surface area contributed by atoms with Crippen molar-refractivity contribution >= 4 is 57.4 Å². The van der Waals surface area contributed by atoms with Gasteiger partial charge in [0.25, 0.3) is 0 Å². The van der Waals surface area contributed by atoms with Crippen LogP contribution in [0.2, 0.25) is 0 Å². The second kappa shape index (κ2) is 19.5. The molecule has 0 radical (unpaired) electrons. The maximum absolute atomic E-state index is 13.9. The van der Waals surface area contributed by atoms with Crippen LogP contribution in [0.15, 0.2) is 108 Å². The van der Waals surface area contributed by atoms with Crippen LogP contribution in [0.3, 0.4) is 0 Å². The van der Waals surface area contributed by atoms with E-state index in [4.69, 9.17) is 5.11 Å². The van der Waals surface area contributed by atoms with Crippen molar-refractivity contribution in [2.24, 2.45) is 4.99 Å². The summed E-state index contributed by atoms with van der Waals surface area (Å²) in [6.45, 7) is 2.14. The normalized spacial score (nSPS) is 12.3. The number of aliphatic hydroxyl groups excluding tert-OH is 1. The summed E-state index contributed by atoms with van der Waals surface area (Å²) in [4.78, 5) is 8.21. The van der Waals surface area contributed by atoms with Gasteiger partial charge in [0.15, 0.2) is 0 Å².